The molecule has 2 aromatic rings. The van der Waals surface area contributed by atoms with Crippen molar-refractivity contribution in [2.45, 2.75) is 37.4 Å². The van der Waals surface area contributed by atoms with Gasteiger partial charge in [0, 0.05) is 12.3 Å². The first-order valence-electron chi connectivity index (χ1n) is 11.0. The highest BCUT2D eigenvalue weighted by atomic mass is 19.2. The average Bonchev–Trinajstić information content (AvgIpc) is 2.85. The molecule has 1 heterocycles. The van der Waals surface area contributed by atoms with Crippen LogP contribution >= 0.6 is 0 Å². The molecule has 0 bridgehead atoms. The molecule has 0 amide bonds. The Morgan fingerprint density at radius 2 is 1.64 bits per heavy atom. The first kappa shape index (κ1) is 23.3. The lowest BCUT2D eigenvalue weighted by molar-refractivity contribution is -0.189. The van der Waals surface area contributed by atoms with E-state index in [0.29, 0.717) is 29.9 Å². The largest absolute Gasteiger partial charge is 0.498 e. The minimum Gasteiger partial charge on any atom is -0.498 e. The van der Waals surface area contributed by atoms with Crippen LogP contribution in [-0.4, -0.2) is 39.0 Å². The molecule has 6 heteroatoms. The lowest BCUT2D eigenvalue weighted by Crippen LogP contribution is -2.31. The quantitative estimate of drug-likeness (QED) is 0.444. The van der Waals surface area contributed by atoms with Crippen LogP contribution in [0, 0.1) is 5.82 Å². The summed E-state index contributed by atoms with van der Waals surface area (Å²) >= 11 is 0. The van der Waals surface area contributed by atoms with E-state index in [1.807, 2.05) is 12.1 Å². The molecule has 0 N–H and O–H groups in total. The molecule has 0 spiro atoms. The molecular weight excluding hydrogens is 429 g/mol. The van der Waals surface area contributed by atoms with Gasteiger partial charge in [-0.15, -0.1) is 6.58 Å². The highest BCUT2D eigenvalue weighted by molar-refractivity contribution is 5.75. The molecule has 2 atom stereocenters. The van der Waals surface area contributed by atoms with Gasteiger partial charge in [0.1, 0.15) is 11.6 Å². The second-order valence-corrected chi connectivity index (χ2v) is 8.17. The Balaban J connectivity index is 1.46. The number of allylic oxidation sites excluding steroid dienone is 5. The Hall–Kier alpha value is -2.83. The Morgan fingerprint density at radius 3 is 2.27 bits per heavy atom. The van der Waals surface area contributed by atoms with Crippen molar-refractivity contribution < 1.29 is 27.4 Å². The number of rotatable bonds is 7. The molecule has 1 saturated heterocycles. The zero-order valence-corrected chi connectivity index (χ0v) is 18.5. The standard InChI is InChI=1S/C27H27F3O3/c1-3-4-5-25-32-15-20(16-33-25)21-11-10-19(14-23(21)28)17-6-8-18(9-7-17)22-12-13-24(31-2)27(30)26(22)29/h3,6-14,20,25-27H,1,4-5,15-16H2,2H3. The van der Waals surface area contributed by atoms with Crippen LogP contribution in [0.25, 0.3) is 16.7 Å². The first-order chi connectivity index (χ1) is 16.0. The molecule has 1 aliphatic heterocycles. The molecule has 4 rings (SSSR count). The highest BCUT2D eigenvalue weighted by Crippen LogP contribution is 2.34. The fraction of sp³-hybridized carbons (Fsp3) is 0.333. The van der Waals surface area contributed by atoms with Crippen molar-refractivity contribution in [3.8, 4) is 11.1 Å². The summed E-state index contributed by atoms with van der Waals surface area (Å²) in [6.45, 7) is 4.50. The maximum absolute atomic E-state index is 14.9. The van der Waals surface area contributed by atoms with Gasteiger partial charge in [-0.3, -0.25) is 0 Å². The summed E-state index contributed by atoms with van der Waals surface area (Å²) in [5.41, 5.74) is 2.85. The van der Waals surface area contributed by atoms with Gasteiger partial charge in [-0.25, -0.2) is 13.2 Å². The fourth-order valence-electron chi connectivity index (χ4n) is 4.13. The Labute approximate surface area is 192 Å². The van der Waals surface area contributed by atoms with Crippen LogP contribution in [-0.2, 0) is 14.2 Å². The van der Waals surface area contributed by atoms with Gasteiger partial charge in [0.2, 0.25) is 0 Å². The monoisotopic (exact) mass is 456 g/mol. The topological polar surface area (TPSA) is 27.7 Å². The predicted molar refractivity (Wildman–Crippen MR) is 123 cm³/mol. The fourth-order valence-corrected chi connectivity index (χ4v) is 4.13. The second-order valence-electron chi connectivity index (χ2n) is 8.17. The molecule has 2 unspecified atom stereocenters. The number of methoxy groups -OCH3 is 1. The van der Waals surface area contributed by atoms with Crippen molar-refractivity contribution in [1.29, 1.82) is 0 Å². The van der Waals surface area contributed by atoms with Crippen molar-refractivity contribution in [3.05, 3.63) is 90.0 Å². The van der Waals surface area contributed by atoms with E-state index in [9.17, 15) is 13.2 Å². The van der Waals surface area contributed by atoms with Crippen molar-refractivity contribution >= 4 is 5.57 Å². The summed E-state index contributed by atoms with van der Waals surface area (Å²) < 4.78 is 59.9. The van der Waals surface area contributed by atoms with E-state index in [4.69, 9.17) is 14.2 Å². The van der Waals surface area contributed by atoms with Gasteiger partial charge >= 0.3 is 0 Å². The summed E-state index contributed by atoms with van der Waals surface area (Å²) in [5, 5.41) is 0. The Kier molecular flexibility index (Phi) is 7.36. The number of benzene rings is 2. The maximum Gasteiger partial charge on any atom is 0.192 e. The SMILES string of the molecule is C=CCCC1OCC(c2ccc(-c3ccc(C4=CC=C(OC)C(F)C4F)cc3)cc2F)CO1. The molecule has 2 aliphatic rings. The molecule has 33 heavy (non-hydrogen) atoms. The lowest BCUT2D eigenvalue weighted by Gasteiger charge is -2.29. The lowest BCUT2D eigenvalue weighted by atomic mass is 9.91. The average molecular weight is 457 g/mol. The predicted octanol–water partition coefficient (Wildman–Crippen LogP) is 6.52. The molecule has 0 saturated carbocycles. The number of ether oxygens (including phenoxy) is 3. The van der Waals surface area contributed by atoms with Crippen LogP contribution in [0.1, 0.15) is 29.9 Å². The summed E-state index contributed by atoms with van der Waals surface area (Å²) in [4.78, 5) is 0. The summed E-state index contributed by atoms with van der Waals surface area (Å²) in [7, 11) is 1.32. The molecule has 1 aliphatic carbocycles. The van der Waals surface area contributed by atoms with E-state index in [1.54, 1.807) is 30.3 Å². The van der Waals surface area contributed by atoms with E-state index in [2.05, 4.69) is 6.58 Å². The molecule has 3 nitrogen and oxygen atoms in total. The van der Waals surface area contributed by atoms with Crippen molar-refractivity contribution in [1.82, 2.24) is 0 Å². The van der Waals surface area contributed by atoms with Crippen LogP contribution in [0.2, 0.25) is 0 Å². The van der Waals surface area contributed by atoms with Gasteiger partial charge < -0.3 is 14.2 Å². The van der Waals surface area contributed by atoms with Crippen molar-refractivity contribution in [2.24, 2.45) is 0 Å². The van der Waals surface area contributed by atoms with Crippen LogP contribution in [0.4, 0.5) is 13.2 Å². The van der Waals surface area contributed by atoms with Crippen molar-refractivity contribution in [3.63, 3.8) is 0 Å². The molecule has 2 aromatic carbocycles. The number of halogens is 3. The first-order valence-corrected chi connectivity index (χ1v) is 11.0. The van der Waals surface area contributed by atoms with Crippen molar-refractivity contribution in [2.75, 3.05) is 20.3 Å². The Morgan fingerprint density at radius 1 is 0.970 bits per heavy atom. The van der Waals surface area contributed by atoms with Gasteiger partial charge in [0.15, 0.2) is 18.6 Å². The van der Waals surface area contributed by atoms with Crippen LogP contribution in [0.15, 0.2) is 73.0 Å². The number of hydrogen-bond donors (Lipinski definition) is 0. The van der Waals surface area contributed by atoms with Gasteiger partial charge in [0.05, 0.1) is 20.3 Å². The van der Waals surface area contributed by atoms with Gasteiger partial charge in [-0.05, 0) is 46.4 Å². The third kappa shape index (κ3) is 5.07. The highest BCUT2D eigenvalue weighted by Gasteiger charge is 2.32. The summed E-state index contributed by atoms with van der Waals surface area (Å²) in [6.07, 6.45) is 2.43. The zero-order chi connectivity index (χ0) is 23.4. The van der Waals surface area contributed by atoms with Gasteiger partial charge in [-0.1, -0.05) is 48.6 Å². The minimum atomic E-state index is -1.83. The number of hydrogen-bond acceptors (Lipinski definition) is 3. The van der Waals surface area contributed by atoms with E-state index in [1.165, 1.54) is 25.3 Å². The summed E-state index contributed by atoms with van der Waals surface area (Å²) in [6, 6.07) is 12.1. The molecule has 174 valence electrons. The van der Waals surface area contributed by atoms with E-state index < -0.39 is 12.3 Å². The Bertz CT molecular complexity index is 1040. The third-order valence-electron chi connectivity index (χ3n) is 6.05. The molecule has 0 aromatic heterocycles. The molecule has 0 radical (unpaired) electrons. The minimum absolute atomic E-state index is 0.0283. The van der Waals surface area contributed by atoms with Crippen LogP contribution in [0.5, 0.6) is 0 Å². The summed E-state index contributed by atoms with van der Waals surface area (Å²) in [5.74, 6) is -0.519. The van der Waals surface area contributed by atoms with Gasteiger partial charge in [-0.2, -0.15) is 0 Å². The van der Waals surface area contributed by atoms with Crippen LogP contribution in [0.3, 0.4) is 0 Å². The smallest absolute Gasteiger partial charge is 0.192 e. The maximum atomic E-state index is 14.9. The van der Waals surface area contributed by atoms with E-state index >= 15 is 0 Å². The van der Waals surface area contributed by atoms with E-state index in [0.717, 1.165) is 18.4 Å². The third-order valence-corrected chi connectivity index (χ3v) is 6.05. The normalized spacial score (nSPS) is 25.2. The zero-order valence-electron chi connectivity index (χ0n) is 18.5. The van der Waals surface area contributed by atoms with Gasteiger partial charge in [0.25, 0.3) is 0 Å². The van der Waals surface area contributed by atoms with Crippen LogP contribution < -0.4 is 0 Å². The second kappa shape index (κ2) is 10.4. The molecular formula is C27H27F3O3. The molecule has 1 fully saturated rings. The van der Waals surface area contributed by atoms with E-state index in [-0.39, 0.29) is 29.4 Å². The number of alkyl halides is 2.